The van der Waals surface area contributed by atoms with Gasteiger partial charge >= 0.3 is 0 Å². The standard InChI is InChI=1S/C13H24N2O/c1-3-16-12-4-11(5-12)15-8-10-6-14-7-13(10)9(15)2/h9-14H,3-8H2,1-2H3. The van der Waals surface area contributed by atoms with E-state index >= 15 is 0 Å². The molecule has 0 radical (unpaired) electrons. The van der Waals surface area contributed by atoms with Gasteiger partial charge in [-0.25, -0.2) is 0 Å². The highest BCUT2D eigenvalue weighted by atomic mass is 16.5. The van der Waals surface area contributed by atoms with Crippen LogP contribution in [0.5, 0.6) is 0 Å². The molecule has 1 N–H and O–H groups in total. The van der Waals surface area contributed by atoms with Gasteiger partial charge in [-0.2, -0.15) is 0 Å². The largest absolute Gasteiger partial charge is 0.378 e. The highest BCUT2D eigenvalue weighted by molar-refractivity contribution is 5.01. The lowest BCUT2D eigenvalue weighted by molar-refractivity contribution is -0.0504. The Morgan fingerprint density at radius 1 is 1.31 bits per heavy atom. The molecule has 1 aliphatic carbocycles. The van der Waals surface area contributed by atoms with E-state index < -0.39 is 0 Å². The van der Waals surface area contributed by atoms with E-state index in [1.807, 2.05) is 0 Å². The van der Waals surface area contributed by atoms with Crippen molar-refractivity contribution in [3.05, 3.63) is 0 Å². The zero-order valence-corrected chi connectivity index (χ0v) is 10.5. The normalized spacial score (nSPS) is 48.0. The second-order valence-electron chi connectivity index (χ2n) is 5.72. The third-order valence-electron chi connectivity index (χ3n) is 4.92. The van der Waals surface area contributed by atoms with Gasteiger partial charge in [0.05, 0.1) is 6.10 Å². The number of nitrogens with zero attached hydrogens (tertiary/aromatic N) is 1. The van der Waals surface area contributed by atoms with Crippen LogP contribution in [0.2, 0.25) is 0 Å². The van der Waals surface area contributed by atoms with E-state index in [0.717, 1.165) is 30.5 Å². The van der Waals surface area contributed by atoms with E-state index in [0.29, 0.717) is 6.10 Å². The van der Waals surface area contributed by atoms with E-state index in [4.69, 9.17) is 4.74 Å². The third-order valence-corrected chi connectivity index (χ3v) is 4.92. The first kappa shape index (κ1) is 11.0. The molecule has 0 aromatic rings. The topological polar surface area (TPSA) is 24.5 Å². The maximum absolute atomic E-state index is 5.66. The first-order chi connectivity index (χ1) is 7.79. The van der Waals surface area contributed by atoms with E-state index in [1.165, 1.54) is 32.5 Å². The number of fused-ring (bicyclic) bond motifs is 1. The number of nitrogens with one attached hydrogen (secondary N) is 1. The molecule has 0 amide bonds. The van der Waals surface area contributed by atoms with Crippen LogP contribution in [-0.2, 0) is 4.74 Å². The summed E-state index contributed by atoms with van der Waals surface area (Å²) in [6.45, 7) is 9.20. The van der Waals surface area contributed by atoms with Crippen LogP contribution < -0.4 is 5.32 Å². The van der Waals surface area contributed by atoms with Crippen LogP contribution in [0.4, 0.5) is 0 Å². The Bertz CT molecular complexity index is 252. The molecule has 2 aliphatic heterocycles. The summed E-state index contributed by atoms with van der Waals surface area (Å²) >= 11 is 0. The summed E-state index contributed by atoms with van der Waals surface area (Å²) in [4.78, 5) is 2.76. The van der Waals surface area contributed by atoms with Gasteiger partial charge in [0, 0.05) is 25.2 Å². The lowest BCUT2D eigenvalue weighted by Crippen LogP contribution is -2.50. The summed E-state index contributed by atoms with van der Waals surface area (Å²) in [6, 6.07) is 1.60. The summed E-state index contributed by atoms with van der Waals surface area (Å²) in [5, 5.41) is 3.53. The molecule has 3 unspecified atom stereocenters. The van der Waals surface area contributed by atoms with E-state index in [9.17, 15) is 0 Å². The van der Waals surface area contributed by atoms with E-state index in [1.54, 1.807) is 0 Å². The second-order valence-corrected chi connectivity index (χ2v) is 5.72. The van der Waals surface area contributed by atoms with Crippen molar-refractivity contribution in [2.45, 2.75) is 44.9 Å². The highest BCUT2D eigenvalue weighted by Gasteiger charge is 2.47. The summed E-state index contributed by atoms with van der Waals surface area (Å²) in [6.07, 6.45) is 3.09. The molecule has 3 nitrogen and oxygen atoms in total. The van der Waals surface area contributed by atoms with Gasteiger partial charge in [0.15, 0.2) is 0 Å². The van der Waals surface area contributed by atoms with Gasteiger partial charge < -0.3 is 10.1 Å². The fourth-order valence-corrected chi connectivity index (χ4v) is 3.86. The molecule has 0 bridgehead atoms. The van der Waals surface area contributed by atoms with Gasteiger partial charge in [-0.1, -0.05) is 0 Å². The molecule has 0 spiro atoms. The molecule has 0 aromatic carbocycles. The average Bonchev–Trinajstić information content (AvgIpc) is 2.76. The van der Waals surface area contributed by atoms with Crippen molar-refractivity contribution < 1.29 is 4.74 Å². The van der Waals surface area contributed by atoms with Crippen LogP contribution in [0.1, 0.15) is 26.7 Å². The quantitative estimate of drug-likeness (QED) is 0.777. The van der Waals surface area contributed by atoms with Crippen LogP contribution in [-0.4, -0.2) is 49.3 Å². The van der Waals surface area contributed by atoms with Crippen molar-refractivity contribution in [1.82, 2.24) is 10.2 Å². The molecule has 2 heterocycles. The Morgan fingerprint density at radius 2 is 2.12 bits per heavy atom. The lowest BCUT2D eigenvalue weighted by atomic mass is 9.87. The minimum absolute atomic E-state index is 0.556. The van der Waals surface area contributed by atoms with Crippen molar-refractivity contribution >= 4 is 0 Å². The Balaban J connectivity index is 1.54. The predicted octanol–water partition coefficient (Wildman–Crippen LogP) is 1.09. The van der Waals surface area contributed by atoms with Crippen molar-refractivity contribution in [1.29, 1.82) is 0 Å². The molecule has 1 saturated carbocycles. The summed E-state index contributed by atoms with van der Waals surface area (Å²) in [5.74, 6) is 1.83. The smallest absolute Gasteiger partial charge is 0.0604 e. The highest BCUT2D eigenvalue weighted by Crippen LogP contribution is 2.39. The number of hydrogen-bond donors (Lipinski definition) is 1. The summed E-state index contributed by atoms with van der Waals surface area (Å²) in [5.41, 5.74) is 0. The van der Waals surface area contributed by atoms with Gasteiger partial charge in [0.2, 0.25) is 0 Å². The first-order valence-corrected chi connectivity index (χ1v) is 6.87. The van der Waals surface area contributed by atoms with Crippen molar-refractivity contribution in [3.8, 4) is 0 Å². The first-order valence-electron chi connectivity index (χ1n) is 6.87. The van der Waals surface area contributed by atoms with Crippen molar-refractivity contribution in [2.24, 2.45) is 11.8 Å². The Kier molecular flexibility index (Phi) is 2.94. The lowest BCUT2D eigenvalue weighted by Gasteiger charge is -2.43. The van der Waals surface area contributed by atoms with Crippen LogP contribution in [0.15, 0.2) is 0 Å². The number of hydrogen-bond acceptors (Lipinski definition) is 3. The molecule has 2 saturated heterocycles. The molecule has 3 heteroatoms. The molecule has 16 heavy (non-hydrogen) atoms. The van der Waals surface area contributed by atoms with Crippen LogP contribution in [0.25, 0.3) is 0 Å². The van der Waals surface area contributed by atoms with Gasteiger partial charge in [-0.3, -0.25) is 4.90 Å². The van der Waals surface area contributed by atoms with Crippen molar-refractivity contribution in [2.75, 3.05) is 26.2 Å². The Labute approximate surface area is 98.5 Å². The fraction of sp³-hybridized carbons (Fsp3) is 1.00. The number of ether oxygens (including phenoxy) is 1. The fourth-order valence-electron chi connectivity index (χ4n) is 3.86. The SMILES string of the molecule is CCOC1CC(N2CC3CNCC3C2C)C1. The minimum atomic E-state index is 0.556. The molecule has 3 aliphatic rings. The Morgan fingerprint density at radius 3 is 2.81 bits per heavy atom. The molecular formula is C13H24N2O. The third kappa shape index (κ3) is 1.69. The molecular weight excluding hydrogens is 200 g/mol. The van der Waals surface area contributed by atoms with Crippen LogP contribution in [0, 0.1) is 11.8 Å². The van der Waals surface area contributed by atoms with Crippen LogP contribution in [0.3, 0.4) is 0 Å². The van der Waals surface area contributed by atoms with Gasteiger partial charge in [-0.15, -0.1) is 0 Å². The van der Waals surface area contributed by atoms with Crippen molar-refractivity contribution in [3.63, 3.8) is 0 Å². The number of likely N-dealkylation sites (tertiary alicyclic amines) is 1. The molecule has 3 atom stereocenters. The molecule has 3 rings (SSSR count). The predicted molar refractivity (Wildman–Crippen MR) is 64.5 cm³/mol. The molecule has 92 valence electrons. The van der Waals surface area contributed by atoms with E-state index in [2.05, 4.69) is 24.1 Å². The van der Waals surface area contributed by atoms with Gasteiger partial charge in [0.1, 0.15) is 0 Å². The molecule has 3 fully saturated rings. The van der Waals surface area contributed by atoms with E-state index in [-0.39, 0.29) is 0 Å². The summed E-state index contributed by atoms with van der Waals surface area (Å²) in [7, 11) is 0. The van der Waals surface area contributed by atoms with Crippen LogP contribution >= 0.6 is 0 Å². The number of rotatable bonds is 3. The maximum atomic E-state index is 5.66. The zero-order chi connectivity index (χ0) is 11.1. The monoisotopic (exact) mass is 224 g/mol. The minimum Gasteiger partial charge on any atom is -0.378 e. The summed E-state index contributed by atoms with van der Waals surface area (Å²) < 4.78 is 5.66. The van der Waals surface area contributed by atoms with Gasteiger partial charge in [0.25, 0.3) is 0 Å². The second kappa shape index (κ2) is 4.28. The van der Waals surface area contributed by atoms with Gasteiger partial charge in [-0.05, 0) is 51.6 Å². The maximum Gasteiger partial charge on any atom is 0.0604 e. The average molecular weight is 224 g/mol. The Hall–Kier alpha value is -0.120. The molecule has 0 aromatic heterocycles. The zero-order valence-electron chi connectivity index (χ0n) is 10.5.